The van der Waals surface area contributed by atoms with E-state index in [9.17, 15) is 4.39 Å². The van der Waals surface area contributed by atoms with Crippen molar-refractivity contribution in [3.05, 3.63) is 35.6 Å². The van der Waals surface area contributed by atoms with Gasteiger partial charge in [-0.1, -0.05) is 19.1 Å². The predicted molar refractivity (Wildman–Crippen MR) is 71.0 cm³/mol. The monoisotopic (exact) mass is 251 g/mol. The smallest absolute Gasteiger partial charge is 0.123 e. The molecule has 2 atom stereocenters. The molecule has 1 heterocycles. The highest BCUT2D eigenvalue weighted by Gasteiger charge is 2.30. The van der Waals surface area contributed by atoms with E-state index in [1.807, 2.05) is 6.07 Å². The topological polar surface area (TPSA) is 21.3 Å². The van der Waals surface area contributed by atoms with Crippen LogP contribution in [-0.2, 0) is 4.74 Å². The Morgan fingerprint density at radius 2 is 2.33 bits per heavy atom. The summed E-state index contributed by atoms with van der Waals surface area (Å²) in [6.45, 7) is 5.93. The van der Waals surface area contributed by atoms with Gasteiger partial charge < -0.3 is 10.1 Å². The SMILES string of the molecule is CCC(NCC1(C)CCCO1)c1cccc(F)c1. The second-order valence-electron chi connectivity index (χ2n) is 5.30. The number of halogens is 1. The van der Waals surface area contributed by atoms with E-state index >= 15 is 0 Å². The van der Waals surface area contributed by atoms with Crippen molar-refractivity contribution in [2.75, 3.05) is 13.2 Å². The van der Waals surface area contributed by atoms with Crippen LogP contribution in [-0.4, -0.2) is 18.8 Å². The van der Waals surface area contributed by atoms with Gasteiger partial charge in [-0.2, -0.15) is 0 Å². The molecule has 0 amide bonds. The molecule has 0 aliphatic carbocycles. The molecule has 1 N–H and O–H groups in total. The minimum absolute atomic E-state index is 0.0548. The summed E-state index contributed by atoms with van der Waals surface area (Å²) in [5.74, 6) is -0.170. The van der Waals surface area contributed by atoms with Crippen LogP contribution in [0.3, 0.4) is 0 Å². The minimum atomic E-state index is -0.170. The molecule has 1 aromatic carbocycles. The van der Waals surface area contributed by atoms with Crippen molar-refractivity contribution >= 4 is 0 Å². The van der Waals surface area contributed by atoms with Gasteiger partial charge in [0.1, 0.15) is 5.82 Å². The molecule has 3 heteroatoms. The van der Waals surface area contributed by atoms with Gasteiger partial charge in [0.05, 0.1) is 5.60 Å². The number of ether oxygens (including phenoxy) is 1. The molecule has 0 aromatic heterocycles. The first-order valence-electron chi connectivity index (χ1n) is 6.76. The molecule has 0 bridgehead atoms. The molecule has 2 unspecified atom stereocenters. The molecule has 1 aliphatic heterocycles. The Labute approximate surface area is 109 Å². The van der Waals surface area contributed by atoms with Gasteiger partial charge in [0.15, 0.2) is 0 Å². The molecule has 100 valence electrons. The maximum atomic E-state index is 13.2. The van der Waals surface area contributed by atoms with E-state index in [0.717, 1.165) is 38.0 Å². The summed E-state index contributed by atoms with van der Waals surface area (Å²) in [4.78, 5) is 0. The lowest BCUT2D eigenvalue weighted by molar-refractivity contribution is 0.0186. The van der Waals surface area contributed by atoms with Crippen molar-refractivity contribution in [1.82, 2.24) is 5.32 Å². The fourth-order valence-electron chi connectivity index (χ4n) is 2.54. The van der Waals surface area contributed by atoms with Gasteiger partial charge in [-0.25, -0.2) is 4.39 Å². The van der Waals surface area contributed by atoms with Crippen LogP contribution in [0.25, 0.3) is 0 Å². The van der Waals surface area contributed by atoms with Gasteiger partial charge in [-0.15, -0.1) is 0 Å². The molecule has 1 fully saturated rings. The highest BCUT2D eigenvalue weighted by Crippen LogP contribution is 2.26. The van der Waals surface area contributed by atoms with E-state index in [2.05, 4.69) is 19.2 Å². The normalized spacial score (nSPS) is 25.3. The van der Waals surface area contributed by atoms with Crippen LogP contribution in [0, 0.1) is 5.82 Å². The standard InChI is InChI=1S/C15H22FNO/c1-3-14(12-6-4-7-13(16)10-12)17-11-15(2)8-5-9-18-15/h4,6-7,10,14,17H,3,5,8-9,11H2,1-2H3. The number of rotatable bonds is 5. The van der Waals surface area contributed by atoms with E-state index in [1.54, 1.807) is 12.1 Å². The van der Waals surface area contributed by atoms with Gasteiger partial charge >= 0.3 is 0 Å². The number of hydrogen-bond donors (Lipinski definition) is 1. The number of hydrogen-bond acceptors (Lipinski definition) is 2. The van der Waals surface area contributed by atoms with Crippen LogP contribution in [0.2, 0.25) is 0 Å². The lowest BCUT2D eigenvalue weighted by Crippen LogP contribution is -2.38. The van der Waals surface area contributed by atoms with Gasteiger partial charge in [0.25, 0.3) is 0 Å². The van der Waals surface area contributed by atoms with Crippen LogP contribution >= 0.6 is 0 Å². The average Bonchev–Trinajstić information content (AvgIpc) is 2.77. The van der Waals surface area contributed by atoms with E-state index in [-0.39, 0.29) is 17.5 Å². The summed E-state index contributed by atoms with van der Waals surface area (Å²) in [6.07, 6.45) is 3.17. The lowest BCUT2D eigenvalue weighted by atomic mass is 10.00. The lowest BCUT2D eigenvalue weighted by Gasteiger charge is -2.27. The Morgan fingerprint density at radius 1 is 1.50 bits per heavy atom. The summed E-state index contributed by atoms with van der Waals surface area (Å²) in [6, 6.07) is 7.03. The Kier molecular flexibility index (Phi) is 4.36. The largest absolute Gasteiger partial charge is 0.374 e. The first-order chi connectivity index (χ1) is 8.63. The molecule has 18 heavy (non-hydrogen) atoms. The molecule has 1 aliphatic rings. The molecule has 0 spiro atoms. The Balaban J connectivity index is 1.97. The van der Waals surface area contributed by atoms with Gasteiger partial charge in [0, 0.05) is 19.2 Å². The minimum Gasteiger partial charge on any atom is -0.374 e. The fraction of sp³-hybridized carbons (Fsp3) is 0.600. The number of nitrogens with one attached hydrogen (secondary N) is 1. The second-order valence-corrected chi connectivity index (χ2v) is 5.30. The highest BCUT2D eigenvalue weighted by atomic mass is 19.1. The number of benzene rings is 1. The van der Waals surface area contributed by atoms with Crippen molar-refractivity contribution in [1.29, 1.82) is 0 Å². The Bertz CT molecular complexity index is 388. The summed E-state index contributed by atoms with van der Waals surface area (Å²) in [5, 5.41) is 3.50. The van der Waals surface area contributed by atoms with Crippen molar-refractivity contribution in [3.63, 3.8) is 0 Å². The van der Waals surface area contributed by atoms with Crippen molar-refractivity contribution in [2.45, 2.75) is 44.8 Å². The van der Waals surface area contributed by atoms with E-state index < -0.39 is 0 Å². The van der Waals surface area contributed by atoms with Crippen LogP contribution in [0.15, 0.2) is 24.3 Å². The quantitative estimate of drug-likeness (QED) is 0.865. The zero-order valence-corrected chi connectivity index (χ0v) is 11.2. The molecular weight excluding hydrogens is 229 g/mol. The summed E-state index contributed by atoms with van der Waals surface area (Å²) in [5.41, 5.74) is 0.958. The van der Waals surface area contributed by atoms with Crippen LogP contribution < -0.4 is 5.32 Å². The van der Waals surface area contributed by atoms with E-state index in [4.69, 9.17) is 4.74 Å². The molecule has 2 nitrogen and oxygen atoms in total. The second kappa shape index (κ2) is 5.81. The summed E-state index contributed by atoms with van der Waals surface area (Å²) >= 11 is 0. The van der Waals surface area contributed by atoms with Crippen molar-refractivity contribution in [3.8, 4) is 0 Å². The molecule has 2 rings (SSSR count). The average molecular weight is 251 g/mol. The molecule has 1 aromatic rings. The van der Waals surface area contributed by atoms with Crippen LogP contribution in [0.4, 0.5) is 4.39 Å². The van der Waals surface area contributed by atoms with E-state index in [0.29, 0.717) is 0 Å². The summed E-state index contributed by atoms with van der Waals surface area (Å²) < 4.78 is 19.0. The molecule has 0 saturated carbocycles. The van der Waals surface area contributed by atoms with Gasteiger partial charge in [-0.05, 0) is 43.9 Å². The van der Waals surface area contributed by atoms with Gasteiger partial charge in [0.2, 0.25) is 0 Å². The Hall–Kier alpha value is -0.930. The predicted octanol–water partition coefficient (Wildman–Crippen LogP) is 3.44. The van der Waals surface area contributed by atoms with Crippen LogP contribution in [0.1, 0.15) is 44.7 Å². The highest BCUT2D eigenvalue weighted by molar-refractivity contribution is 5.20. The van der Waals surface area contributed by atoms with Crippen molar-refractivity contribution < 1.29 is 9.13 Å². The third kappa shape index (κ3) is 3.30. The first kappa shape index (κ1) is 13.5. The van der Waals surface area contributed by atoms with E-state index in [1.165, 1.54) is 6.07 Å². The maximum absolute atomic E-state index is 13.2. The molecule has 1 saturated heterocycles. The third-order valence-corrected chi connectivity index (χ3v) is 3.68. The zero-order valence-electron chi connectivity index (χ0n) is 11.2. The fourth-order valence-corrected chi connectivity index (χ4v) is 2.54. The Morgan fingerprint density at radius 3 is 2.94 bits per heavy atom. The first-order valence-corrected chi connectivity index (χ1v) is 6.76. The van der Waals surface area contributed by atoms with Gasteiger partial charge in [-0.3, -0.25) is 0 Å². The molecule has 0 radical (unpaired) electrons. The maximum Gasteiger partial charge on any atom is 0.123 e. The van der Waals surface area contributed by atoms with Crippen LogP contribution in [0.5, 0.6) is 0 Å². The summed E-state index contributed by atoms with van der Waals surface area (Å²) in [7, 11) is 0. The van der Waals surface area contributed by atoms with Crippen molar-refractivity contribution in [2.24, 2.45) is 0 Å². The molecular formula is C15H22FNO. The third-order valence-electron chi connectivity index (χ3n) is 3.68. The zero-order chi connectivity index (χ0) is 13.0.